The Hall–Kier alpha value is -2.65. The molecule has 9 heteroatoms. The average molecular weight is 381 g/mol. The van der Waals surface area contributed by atoms with Crippen molar-refractivity contribution in [2.75, 3.05) is 20.0 Å². The number of methoxy groups -OCH3 is 2. The topological polar surface area (TPSA) is 116 Å². The van der Waals surface area contributed by atoms with Crippen molar-refractivity contribution in [1.29, 1.82) is 0 Å². The molecule has 0 bridgehead atoms. The van der Waals surface area contributed by atoms with E-state index in [1.807, 2.05) is 0 Å². The number of aliphatic hydroxyl groups excluding tert-OH is 1. The number of nitro benzene ring substituents is 1. The standard InChI is InChI=1S/C17H19NO7S/c1-24-14-6-4-13(5-7-14)16(19)11-26(22,23)10-12-3-8-17(25-2)15(9-12)18(20)21/h3-9,16,19H,10-11H2,1-2H3. The van der Waals surface area contributed by atoms with E-state index in [9.17, 15) is 23.6 Å². The summed E-state index contributed by atoms with van der Waals surface area (Å²) in [6, 6.07) is 10.4. The lowest BCUT2D eigenvalue weighted by Crippen LogP contribution is -2.16. The molecular formula is C17H19NO7S. The Morgan fingerprint density at radius 1 is 1.12 bits per heavy atom. The first-order valence-corrected chi connectivity index (χ1v) is 9.41. The van der Waals surface area contributed by atoms with Gasteiger partial charge >= 0.3 is 5.69 Å². The summed E-state index contributed by atoms with van der Waals surface area (Å²) < 4.78 is 34.6. The van der Waals surface area contributed by atoms with E-state index in [1.54, 1.807) is 24.3 Å². The molecule has 0 aliphatic heterocycles. The van der Waals surface area contributed by atoms with E-state index >= 15 is 0 Å². The fraction of sp³-hybridized carbons (Fsp3) is 0.294. The second-order valence-electron chi connectivity index (χ2n) is 5.61. The summed E-state index contributed by atoms with van der Waals surface area (Å²) in [5.74, 6) is -0.284. The fourth-order valence-corrected chi connectivity index (χ4v) is 3.92. The largest absolute Gasteiger partial charge is 0.497 e. The number of nitro groups is 1. The first-order chi connectivity index (χ1) is 12.3. The predicted molar refractivity (Wildman–Crippen MR) is 95.1 cm³/mol. The Bertz CT molecular complexity index is 878. The van der Waals surface area contributed by atoms with Crippen LogP contribution in [0.5, 0.6) is 11.5 Å². The monoisotopic (exact) mass is 381 g/mol. The van der Waals surface area contributed by atoms with E-state index in [1.165, 1.54) is 26.4 Å². The summed E-state index contributed by atoms with van der Waals surface area (Å²) >= 11 is 0. The van der Waals surface area contributed by atoms with Gasteiger partial charge in [0, 0.05) is 6.07 Å². The van der Waals surface area contributed by atoms with Crippen molar-refractivity contribution in [3.8, 4) is 11.5 Å². The molecule has 0 aliphatic rings. The second kappa shape index (κ2) is 8.15. The van der Waals surface area contributed by atoms with Crippen molar-refractivity contribution in [3.05, 3.63) is 63.7 Å². The molecule has 0 fully saturated rings. The quantitative estimate of drug-likeness (QED) is 0.551. The van der Waals surface area contributed by atoms with Gasteiger partial charge in [-0.05, 0) is 29.3 Å². The van der Waals surface area contributed by atoms with Crippen molar-refractivity contribution < 1.29 is 27.9 Å². The van der Waals surface area contributed by atoms with Crippen molar-refractivity contribution in [2.24, 2.45) is 0 Å². The number of hydrogen-bond donors (Lipinski definition) is 1. The third kappa shape index (κ3) is 4.93. The van der Waals surface area contributed by atoms with Gasteiger partial charge in [0.15, 0.2) is 15.6 Å². The number of nitrogens with zero attached hydrogens (tertiary/aromatic N) is 1. The van der Waals surface area contributed by atoms with Crippen molar-refractivity contribution in [1.82, 2.24) is 0 Å². The maximum absolute atomic E-state index is 12.4. The van der Waals surface area contributed by atoms with Gasteiger partial charge in [0.2, 0.25) is 0 Å². The maximum atomic E-state index is 12.4. The van der Waals surface area contributed by atoms with Crippen LogP contribution in [0.1, 0.15) is 17.2 Å². The molecule has 140 valence electrons. The number of ether oxygens (including phenoxy) is 2. The van der Waals surface area contributed by atoms with Gasteiger partial charge in [-0.15, -0.1) is 0 Å². The van der Waals surface area contributed by atoms with Crippen LogP contribution in [-0.4, -0.2) is 38.4 Å². The van der Waals surface area contributed by atoms with E-state index < -0.39 is 32.4 Å². The van der Waals surface area contributed by atoms with Crippen molar-refractivity contribution >= 4 is 15.5 Å². The summed E-state index contributed by atoms with van der Waals surface area (Å²) in [4.78, 5) is 10.4. The van der Waals surface area contributed by atoms with Gasteiger partial charge in [-0.25, -0.2) is 8.42 Å². The Morgan fingerprint density at radius 3 is 2.31 bits per heavy atom. The number of rotatable bonds is 8. The molecule has 0 radical (unpaired) electrons. The summed E-state index contributed by atoms with van der Waals surface area (Å²) in [7, 11) is -0.905. The number of sulfone groups is 1. The molecule has 2 aromatic carbocycles. The van der Waals surface area contributed by atoms with Crippen molar-refractivity contribution in [2.45, 2.75) is 11.9 Å². The SMILES string of the molecule is COc1ccc(C(O)CS(=O)(=O)Cc2ccc(OC)c([N+](=O)[O-])c2)cc1. The number of hydrogen-bond acceptors (Lipinski definition) is 7. The fourth-order valence-electron chi connectivity index (χ4n) is 2.44. The van der Waals surface area contributed by atoms with Crippen molar-refractivity contribution in [3.63, 3.8) is 0 Å². The highest BCUT2D eigenvalue weighted by Crippen LogP contribution is 2.29. The zero-order valence-electron chi connectivity index (χ0n) is 14.3. The molecule has 0 heterocycles. The van der Waals surface area contributed by atoms with Crippen LogP contribution in [0.3, 0.4) is 0 Å². The number of benzene rings is 2. The van der Waals surface area contributed by atoms with E-state index in [2.05, 4.69) is 0 Å². The van der Waals surface area contributed by atoms with Gasteiger partial charge in [-0.3, -0.25) is 10.1 Å². The van der Waals surface area contributed by atoms with Crippen LogP contribution in [0.15, 0.2) is 42.5 Å². The van der Waals surface area contributed by atoms with Gasteiger partial charge < -0.3 is 14.6 Å². The van der Waals surface area contributed by atoms with Crippen LogP contribution in [0, 0.1) is 10.1 Å². The molecule has 0 aliphatic carbocycles. The third-order valence-corrected chi connectivity index (χ3v) is 5.34. The molecule has 26 heavy (non-hydrogen) atoms. The molecule has 1 atom stereocenters. The molecule has 0 amide bonds. The lowest BCUT2D eigenvalue weighted by Gasteiger charge is -2.12. The molecule has 2 rings (SSSR count). The average Bonchev–Trinajstić information content (AvgIpc) is 2.60. The second-order valence-corrected chi connectivity index (χ2v) is 7.72. The zero-order chi connectivity index (χ0) is 19.3. The molecule has 8 nitrogen and oxygen atoms in total. The molecule has 0 spiro atoms. The number of aliphatic hydroxyl groups is 1. The van der Waals surface area contributed by atoms with Crippen LogP contribution in [0.4, 0.5) is 5.69 Å². The molecule has 2 aromatic rings. The Balaban J connectivity index is 2.15. The van der Waals surface area contributed by atoms with E-state index in [-0.39, 0.29) is 17.0 Å². The van der Waals surface area contributed by atoms with Gasteiger partial charge in [0.25, 0.3) is 0 Å². The zero-order valence-corrected chi connectivity index (χ0v) is 15.1. The maximum Gasteiger partial charge on any atom is 0.311 e. The minimum atomic E-state index is -3.70. The highest BCUT2D eigenvalue weighted by Gasteiger charge is 2.22. The molecule has 0 saturated carbocycles. The molecule has 0 saturated heterocycles. The minimum absolute atomic E-state index is 0.0504. The van der Waals surface area contributed by atoms with Crippen LogP contribution in [0.25, 0.3) is 0 Å². The summed E-state index contributed by atoms with van der Waals surface area (Å²) in [6.45, 7) is 0. The lowest BCUT2D eigenvalue weighted by molar-refractivity contribution is -0.385. The summed E-state index contributed by atoms with van der Waals surface area (Å²) in [5.41, 5.74) is 0.380. The van der Waals surface area contributed by atoms with Gasteiger partial charge in [0.05, 0.1) is 36.8 Å². The first kappa shape index (κ1) is 19.7. The van der Waals surface area contributed by atoms with E-state index in [0.29, 0.717) is 11.3 Å². The first-order valence-electron chi connectivity index (χ1n) is 7.59. The normalized spacial score (nSPS) is 12.4. The molecule has 1 unspecified atom stereocenters. The highest BCUT2D eigenvalue weighted by atomic mass is 32.2. The Morgan fingerprint density at radius 2 is 1.77 bits per heavy atom. The third-order valence-electron chi connectivity index (χ3n) is 3.74. The predicted octanol–water partition coefficient (Wildman–Crippen LogP) is 2.26. The van der Waals surface area contributed by atoms with E-state index in [4.69, 9.17) is 9.47 Å². The molecule has 1 N–H and O–H groups in total. The van der Waals surface area contributed by atoms with E-state index in [0.717, 1.165) is 6.07 Å². The smallest absolute Gasteiger partial charge is 0.311 e. The lowest BCUT2D eigenvalue weighted by atomic mass is 10.1. The van der Waals surface area contributed by atoms with Gasteiger partial charge in [-0.2, -0.15) is 0 Å². The summed E-state index contributed by atoms with van der Waals surface area (Å²) in [6.07, 6.45) is -1.21. The Labute approximate surface area is 151 Å². The summed E-state index contributed by atoms with van der Waals surface area (Å²) in [5, 5.41) is 21.2. The van der Waals surface area contributed by atoms with Crippen LogP contribution in [0.2, 0.25) is 0 Å². The van der Waals surface area contributed by atoms with Gasteiger partial charge in [-0.1, -0.05) is 18.2 Å². The van der Waals surface area contributed by atoms with Crippen LogP contribution in [-0.2, 0) is 15.6 Å². The van der Waals surface area contributed by atoms with Crippen LogP contribution < -0.4 is 9.47 Å². The molecular weight excluding hydrogens is 362 g/mol. The highest BCUT2D eigenvalue weighted by molar-refractivity contribution is 7.90. The molecule has 0 aromatic heterocycles. The van der Waals surface area contributed by atoms with Crippen LogP contribution >= 0.6 is 0 Å². The Kier molecular flexibility index (Phi) is 6.17. The van der Waals surface area contributed by atoms with Gasteiger partial charge in [0.1, 0.15) is 5.75 Å². The minimum Gasteiger partial charge on any atom is -0.497 e.